The molecule has 0 aliphatic heterocycles. The minimum Gasteiger partial charge on any atom is -0.373 e. The van der Waals surface area contributed by atoms with Crippen LogP contribution in [0.3, 0.4) is 0 Å². The Kier molecular flexibility index (Phi) is 4.04. The second-order valence-corrected chi connectivity index (χ2v) is 4.21. The van der Waals surface area contributed by atoms with E-state index in [1.54, 1.807) is 13.1 Å². The lowest BCUT2D eigenvalue weighted by Gasteiger charge is -2.08. The Labute approximate surface area is 110 Å². The van der Waals surface area contributed by atoms with Crippen molar-refractivity contribution in [3.8, 4) is 11.3 Å². The van der Waals surface area contributed by atoms with Gasteiger partial charge >= 0.3 is 0 Å². The Morgan fingerprint density at radius 1 is 1.05 bits per heavy atom. The van der Waals surface area contributed by atoms with Gasteiger partial charge in [0.25, 0.3) is 0 Å². The second kappa shape index (κ2) is 5.73. The molecular formula is C14H15F2N3. The first kappa shape index (κ1) is 13.4. The van der Waals surface area contributed by atoms with E-state index < -0.39 is 11.6 Å². The van der Waals surface area contributed by atoms with Gasteiger partial charge in [-0.15, -0.1) is 0 Å². The van der Waals surface area contributed by atoms with Crippen LogP contribution in [0.1, 0.15) is 19.2 Å². The van der Waals surface area contributed by atoms with Crippen LogP contribution in [-0.4, -0.2) is 17.0 Å². The molecule has 0 radical (unpaired) electrons. The topological polar surface area (TPSA) is 37.8 Å². The van der Waals surface area contributed by atoms with Crippen molar-refractivity contribution in [2.24, 2.45) is 0 Å². The lowest BCUT2D eigenvalue weighted by atomic mass is 10.1. The SMILES string of the molecule is CCCc1nc(NC)cc(-c2cc(F)cc(F)c2)n1. The summed E-state index contributed by atoms with van der Waals surface area (Å²) in [5, 5.41) is 2.93. The van der Waals surface area contributed by atoms with Crippen molar-refractivity contribution in [2.75, 3.05) is 12.4 Å². The van der Waals surface area contributed by atoms with Gasteiger partial charge in [-0.1, -0.05) is 6.92 Å². The Bertz CT molecular complexity index is 565. The summed E-state index contributed by atoms with van der Waals surface area (Å²) in [6.45, 7) is 2.02. The average Bonchev–Trinajstić information content (AvgIpc) is 2.37. The van der Waals surface area contributed by atoms with Crippen molar-refractivity contribution in [3.63, 3.8) is 0 Å². The number of aryl methyl sites for hydroxylation is 1. The summed E-state index contributed by atoms with van der Waals surface area (Å²) in [5.41, 5.74) is 0.926. The lowest BCUT2D eigenvalue weighted by Crippen LogP contribution is -2.02. The molecule has 2 aromatic rings. The lowest BCUT2D eigenvalue weighted by molar-refractivity contribution is 0.584. The van der Waals surface area contributed by atoms with Gasteiger partial charge in [-0.25, -0.2) is 18.7 Å². The molecule has 0 saturated heterocycles. The molecule has 1 aromatic carbocycles. The van der Waals surface area contributed by atoms with E-state index in [-0.39, 0.29) is 0 Å². The quantitative estimate of drug-likeness (QED) is 0.918. The number of halogens is 2. The van der Waals surface area contributed by atoms with Crippen molar-refractivity contribution in [3.05, 3.63) is 41.7 Å². The Balaban J connectivity index is 2.50. The van der Waals surface area contributed by atoms with E-state index in [4.69, 9.17) is 0 Å². The zero-order chi connectivity index (χ0) is 13.8. The van der Waals surface area contributed by atoms with Crippen molar-refractivity contribution in [1.29, 1.82) is 0 Å². The van der Waals surface area contributed by atoms with E-state index in [1.165, 1.54) is 12.1 Å². The van der Waals surface area contributed by atoms with E-state index >= 15 is 0 Å². The van der Waals surface area contributed by atoms with Gasteiger partial charge < -0.3 is 5.32 Å². The molecule has 0 aliphatic carbocycles. The zero-order valence-corrected chi connectivity index (χ0v) is 10.9. The number of anilines is 1. The first-order chi connectivity index (χ1) is 9.12. The van der Waals surface area contributed by atoms with Crippen LogP contribution in [0.4, 0.5) is 14.6 Å². The van der Waals surface area contributed by atoms with E-state index in [2.05, 4.69) is 15.3 Å². The Morgan fingerprint density at radius 3 is 2.32 bits per heavy atom. The molecule has 0 spiro atoms. The van der Waals surface area contributed by atoms with Gasteiger partial charge in [-0.3, -0.25) is 0 Å². The molecule has 0 unspecified atom stereocenters. The number of nitrogens with one attached hydrogen (secondary N) is 1. The van der Waals surface area contributed by atoms with Crippen molar-refractivity contribution in [2.45, 2.75) is 19.8 Å². The molecular weight excluding hydrogens is 248 g/mol. The molecule has 0 bridgehead atoms. The molecule has 100 valence electrons. The minimum absolute atomic E-state index is 0.411. The summed E-state index contributed by atoms with van der Waals surface area (Å²) < 4.78 is 26.5. The largest absolute Gasteiger partial charge is 0.373 e. The third-order valence-electron chi connectivity index (χ3n) is 2.66. The number of benzene rings is 1. The van der Waals surface area contributed by atoms with Crippen LogP contribution in [0.25, 0.3) is 11.3 Å². The number of hydrogen-bond acceptors (Lipinski definition) is 3. The molecule has 3 nitrogen and oxygen atoms in total. The summed E-state index contributed by atoms with van der Waals surface area (Å²) in [6.07, 6.45) is 1.63. The van der Waals surface area contributed by atoms with Crippen LogP contribution in [-0.2, 0) is 6.42 Å². The number of nitrogens with zero attached hydrogens (tertiary/aromatic N) is 2. The minimum atomic E-state index is -0.614. The van der Waals surface area contributed by atoms with E-state index in [1.807, 2.05) is 6.92 Å². The van der Waals surface area contributed by atoms with Crippen LogP contribution < -0.4 is 5.32 Å². The molecule has 5 heteroatoms. The molecule has 2 rings (SSSR count). The first-order valence-electron chi connectivity index (χ1n) is 6.14. The van der Waals surface area contributed by atoms with Crippen molar-refractivity contribution >= 4 is 5.82 Å². The van der Waals surface area contributed by atoms with Crippen LogP contribution >= 0.6 is 0 Å². The highest BCUT2D eigenvalue weighted by Gasteiger charge is 2.08. The number of hydrogen-bond donors (Lipinski definition) is 1. The highest BCUT2D eigenvalue weighted by molar-refractivity contribution is 5.62. The van der Waals surface area contributed by atoms with E-state index in [0.717, 1.165) is 18.9 Å². The van der Waals surface area contributed by atoms with Gasteiger partial charge in [-0.05, 0) is 18.6 Å². The van der Waals surface area contributed by atoms with E-state index in [9.17, 15) is 8.78 Å². The molecule has 19 heavy (non-hydrogen) atoms. The molecule has 0 fully saturated rings. The maximum Gasteiger partial charge on any atom is 0.131 e. The van der Waals surface area contributed by atoms with Gasteiger partial charge in [0.2, 0.25) is 0 Å². The predicted octanol–water partition coefficient (Wildman–Crippen LogP) is 3.42. The van der Waals surface area contributed by atoms with Gasteiger partial charge in [0.05, 0.1) is 5.69 Å². The molecule has 0 atom stereocenters. The molecule has 0 saturated carbocycles. The Hall–Kier alpha value is -2.04. The standard InChI is InChI=1S/C14H15F2N3/c1-3-4-13-18-12(8-14(17-2)19-13)9-5-10(15)7-11(16)6-9/h5-8H,3-4H2,1-2H3,(H,17,18,19). The maximum absolute atomic E-state index is 13.2. The van der Waals surface area contributed by atoms with Gasteiger partial charge in [0.1, 0.15) is 23.3 Å². The second-order valence-electron chi connectivity index (χ2n) is 4.21. The van der Waals surface area contributed by atoms with Crippen LogP contribution in [0.15, 0.2) is 24.3 Å². The van der Waals surface area contributed by atoms with Gasteiger partial charge in [0, 0.05) is 31.2 Å². The fourth-order valence-corrected chi connectivity index (χ4v) is 1.81. The summed E-state index contributed by atoms with van der Waals surface area (Å²) in [7, 11) is 1.74. The third kappa shape index (κ3) is 3.24. The van der Waals surface area contributed by atoms with Crippen LogP contribution in [0.5, 0.6) is 0 Å². The summed E-state index contributed by atoms with van der Waals surface area (Å²) in [5.74, 6) is 0.0699. The highest BCUT2D eigenvalue weighted by Crippen LogP contribution is 2.22. The van der Waals surface area contributed by atoms with Gasteiger partial charge in [0.15, 0.2) is 0 Å². The molecule has 0 amide bonds. The molecule has 1 aromatic heterocycles. The Morgan fingerprint density at radius 2 is 1.74 bits per heavy atom. The molecule has 0 aliphatic rings. The fourth-order valence-electron chi connectivity index (χ4n) is 1.81. The molecule has 1 N–H and O–H groups in total. The van der Waals surface area contributed by atoms with Gasteiger partial charge in [-0.2, -0.15) is 0 Å². The van der Waals surface area contributed by atoms with Crippen molar-refractivity contribution < 1.29 is 8.78 Å². The van der Waals surface area contributed by atoms with Crippen molar-refractivity contribution in [1.82, 2.24) is 9.97 Å². The average molecular weight is 263 g/mol. The first-order valence-corrected chi connectivity index (χ1v) is 6.14. The summed E-state index contributed by atoms with van der Waals surface area (Å²) in [4.78, 5) is 8.64. The predicted molar refractivity (Wildman–Crippen MR) is 70.9 cm³/mol. The zero-order valence-electron chi connectivity index (χ0n) is 10.9. The van der Waals surface area contributed by atoms with E-state index in [0.29, 0.717) is 22.9 Å². The number of rotatable bonds is 4. The maximum atomic E-state index is 13.2. The normalized spacial score (nSPS) is 10.5. The smallest absolute Gasteiger partial charge is 0.131 e. The van der Waals surface area contributed by atoms with Crippen LogP contribution in [0, 0.1) is 11.6 Å². The highest BCUT2D eigenvalue weighted by atomic mass is 19.1. The van der Waals surface area contributed by atoms with Crippen LogP contribution in [0.2, 0.25) is 0 Å². The number of aromatic nitrogens is 2. The molecule has 1 heterocycles. The summed E-state index contributed by atoms with van der Waals surface area (Å²) >= 11 is 0. The third-order valence-corrected chi connectivity index (χ3v) is 2.66. The summed E-state index contributed by atoms with van der Waals surface area (Å²) in [6, 6.07) is 5.05. The fraction of sp³-hybridized carbons (Fsp3) is 0.286. The monoisotopic (exact) mass is 263 g/mol.